The van der Waals surface area contributed by atoms with Gasteiger partial charge < -0.3 is 16.4 Å². The first kappa shape index (κ1) is 17.1. The SMILES string of the molecule is CC1(C)CC2CC(C)(CN2C(=O)CSc2nc(N)c(N)c(=O)[nH]2)C1. The third kappa shape index (κ3) is 3.24. The molecule has 2 fully saturated rings. The van der Waals surface area contributed by atoms with E-state index in [9.17, 15) is 9.59 Å². The molecule has 132 valence electrons. The summed E-state index contributed by atoms with van der Waals surface area (Å²) in [6.07, 6.45) is 3.27. The van der Waals surface area contributed by atoms with Crippen LogP contribution in [0.5, 0.6) is 0 Å². The van der Waals surface area contributed by atoms with Crippen LogP contribution >= 0.6 is 11.8 Å². The fourth-order valence-electron chi connectivity index (χ4n) is 4.51. The van der Waals surface area contributed by atoms with Gasteiger partial charge in [0.25, 0.3) is 5.56 Å². The first-order chi connectivity index (χ1) is 11.1. The maximum atomic E-state index is 12.7. The minimum absolute atomic E-state index is 0.0000101. The third-order valence-corrected chi connectivity index (χ3v) is 5.89. The number of thioether (sulfide) groups is 1. The summed E-state index contributed by atoms with van der Waals surface area (Å²) in [5.74, 6) is 0.323. The van der Waals surface area contributed by atoms with E-state index >= 15 is 0 Å². The third-order valence-electron chi connectivity index (χ3n) is 5.03. The number of rotatable bonds is 3. The van der Waals surface area contributed by atoms with Crippen LogP contribution in [0, 0.1) is 10.8 Å². The van der Waals surface area contributed by atoms with Crippen molar-refractivity contribution in [1.29, 1.82) is 0 Å². The molecule has 24 heavy (non-hydrogen) atoms. The van der Waals surface area contributed by atoms with Gasteiger partial charge in [0.1, 0.15) is 5.69 Å². The smallest absolute Gasteiger partial charge is 0.276 e. The highest BCUT2D eigenvalue weighted by Gasteiger charge is 2.50. The molecule has 0 spiro atoms. The normalized spacial score (nSPS) is 28.1. The van der Waals surface area contributed by atoms with E-state index in [-0.39, 0.29) is 34.0 Å². The Morgan fingerprint density at radius 2 is 2.08 bits per heavy atom. The van der Waals surface area contributed by atoms with E-state index in [0.29, 0.717) is 11.2 Å². The second-order valence-corrected chi connectivity index (χ2v) is 9.16. The molecule has 8 heteroatoms. The summed E-state index contributed by atoms with van der Waals surface area (Å²) in [5, 5.41) is 0.328. The van der Waals surface area contributed by atoms with E-state index in [0.717, 1.165) is 25.8 Å². The van der Waals surface area contributed by atoms with Crippen molar-refractivity contribution in [3.8, 4) is 0 Å². The molecule has 0 aromatic carbocycles. The molecule has 0 radical (unpaired) electrons. The number of likely N-dealkylation sites (tertiary alicyclic amines) is 1. The number of anilines is 2. The molecule has 2 heterocycles. The number of nitrogens with two attached hydrogens (primary N) is 2. The van der Waals surface area contributed by atoms with Crippen LogP contribution in [-0.2, 0) is 4.79 Å². The Hall–Kier alpha value is -1.70. The molecule has 1 saturated heterocycles. The number of amides is 1. The fraction of sp³-hybridized carbons (Fsp3) is 0.688. The van der Waals surface area contributed by atoms with Gasteiger partial charge in [-0.2, -0.15) is 0 Å². The zero-order chi connectivity index (χ0) is 17.7. The topological polar surface area (TPSA) is 118 Å². The number of aromatic amines is 1. The van der Waals surface area contributed by atoms with Crippen molar-refractivity contribution in [3.05, 3.63) is 10.4 Å². The van der Waals surface area contributed by atoms with Crippen molar-refractivity contribution in [3.63, 3.8) is 0 Å². The van der Waals surface area contributed by atoms with E-state index in [4.69, 9.17) is 11.5 Å². The van der Waals surface area contributed by atoms with Gasteiger partial charge in [-0.15, -0.1) is 0 Å². The molecule has 3 rings (SSSR count). The fourth-order valence-corrected chi connectivity index (χ4v) is 5.27. The highest BCUT2D eigenvalue weighted by molar-refractivity contribution is 7.99. The van der Waals surface area contributed by atoms with Crippen molar-refractivity contribution >= 4 is 29.2 Å². The second-order valence-electron chi connectivity index (χ2n) is 8.19. The summed E-state index contributed by atoms with van der Waals surface area (Å²) in [4.78, 5) is 32.9. The highest BCUT2D eigenvalue weighted by Crippen LogP contribution is 2.52. The molecule has 1 amide bonds. The van der Waals surface area contributed by atoms with Crippen LogP contribution in [-0.4, -0.2) is 39.1 Å². The Labute approximate surface area is 145 Å². The number of fused-ring (bicyclic) bond motifs is 2. The van der Waals surface area contributed by atoms with Gasteiger partial charge >= 0.3 is 0 Å². The Kier molecular flexibility index (Phi) is 4.06. The molecular formula is C16H25N5O2S. The number of hydrogen-bond donors (Lipinski definition) is 3. The number of nitrogens with zero attached hydrogens (tertiary/aromatic N) is 2. The molecule has 7 nitrogen and oxygen atoms in total. The quantitative estimate of drug-likeness (QED) is 0.560. The van der Waals surface area contributed by atoms with Gasteiger partial charge in [0, 0.05) is 12.6 Å². The molecule has 1 aromatic heterocycles. The Morgan fingerprint density at radius 1 is 1.38 bits per heavy atom. The maximum absolute atomic E-state index is 12.7. The van der Waals surface area contributed by atoms with Crippen molar-refractivity contribution < 1.29 is 4.79 Å². The lowest BCUT2D eigenvalue weighted by atomic mass is 9.65. The van der Waals surface area contributed by atoms with Crippen LogP contribution in [0.2, 0.25) is 0 Å². The summed E-state index contributed by atoms with van der Waals surface area (Å²) >= 11 is 1.19. The van der Waals surface area contributed by atoms with Crippen LogP contribution < -0.4 is 17.0 Å². The molecule has 1 saturated carbocycles. The number of aromatic nitrogens is 2. The summed E-state index contributed by atoms with van der Waals surface area (Å²) in [5.41, 5.74) is 11.0. The second kappa shape index (κ2) is 5.68. The Bertz CT molecular complexity index is 732. The molecule has 1 aliphatic carbocycles. The summed E-state index contributed by atoms with van der Waals surface area (Å²) < 4.78 is 0. The lowest BCUT2D eigenvalue weighted by Gasteiger charge is -2.39. The molecule has 1 aromatic rings. The number of H-pyrrole nitrogens is 1. The predicted molar refractivity (Wildman–Crippen MR) is 95.6 cm³/mol. The predicted octanol–water partition coefficient (Wildman–Crippen LogP) is 1.45. The van der Waals surface area contributed by atoms with Crippen molar-refractivity contribution in [2.75, 3.05) is 23.8 Å². The van der Waals surface area contributed by atoms with E-state index in [1.165, 1.54) is 11.8 Å². The van der Waals surface area contributed by atoms with E-state index in [1.54, 1.807) is 0 Å². The lowest BCUT2D eigenvalue weighted by Crippen LogP contribution is -2.38. The number of nitrogens with one attached hydrogen (secondary N) is 1. The molecule has 2 bridgehead atoms. The Balaban J connectivity index is 1.67. The summed E-state index contributed by atoms with van der Waals surface area (Å²) in [6, 6.07) is 0.315. The molecule has 2 unspecified atom stereocenters. The standard InChI is InChI=1S/C16H25N5O2S/c1-15(2)4-9-5-16(3,7-15)8-21(9)10(22)6-24-14-19-12(18)11(17)13(23)20-14/h9H,4-8,17H2,1-3H3,(H3,18,19,20,23). The van der Waals surface area contributed by atoms with E-state index in [2.05, 4.69) is 30.7 Å². The summed E-state index contributed by atoms with van der Waals surface area (Å²) in [6.45, 7) is 7.66. The Morgan fingerprint density at radius 3 is 2.75 bits per heavy atom. The van der Waals surface area contributed by atoms with Gasteiger partial charge in [-0.25, -0.2) is 4.98 Å². The number of nitrogen functional groups attached to an aromatic ring is 2. The van der Waals surface area contributed by atoms with Gasteiger partial charge in [-0.05, 0) is 30.1 Å². The number of hydrogen-bond acceptors (Lipinski definition) is 6. The number of carbonyl (C=O) groups is 1. The van der Waals surface area contributed by atoms with Crippen molar-refractivity contribution in [1.82, 2.24) is 14.9 Å². The van der Waals surface area contributed by atoms with Crippen LogP contribution in [0.25, 0.3) is 0 Å². The number of carbonyl (C=O) groups excluding carboxylic acids is 1. The van der Waals surface area contributed by atoms with Gasteiger partial charge in [0.05, 0.1) is 5.75 Å². The van der Waals surface area contributed by atoms with E-state index < -0.39 is 5.56 Å². The molecular weight excluding hydrogens is 326 g/mol. The van der Waals surface area contributed by atoms with Gasteiger partial charge in [0.15, 0.2) is 11.0 Å². The van der Waals surface area contributed by atoms with Crippen LogP contribution in [0.3, 0.4) is 0 Å². The van der Waals surface area contributed by atoms with Gasteiger partial charge in [-0.3, -0.25) is 14.6 Å². The maximum Gasteiger partial charge on any atom is 0.276 e. The van der Waals surface area contributed by atoms with Crippen molar-refractivity contribution in [2.24, 2.45) is 10.8 Å². The average Bonchev–Trinajstić information content (AvgIpc) is 2.71. The first-order valence-electron chi connectivity index (χ1n) is 8.16. The molecule has 1 aliphatic heterocycles. The molecule has 2 aliphatic rings. The lowest BCUT2D eigenvalue weighted by molar-refractivity contribution is -0.129. The largest absolute Gasteiger partial charge is 0.391 e. The zero-order valence-corrected chi connectivity index (χ0v) is 15.2. The monoisotopic (exact) mass is 351 g/mol. The average molecular weight is 351 g/mol. The summed E-state index contributed by atoms with van der Waals surface area (Å²) in [7, 11) is 0. The van der Waals surface area contributed by atoms with Crippen LogP contribution in [0.4, 0.5) is 11.5 Å². The van der Waals surface area contributed by atoms with Gasteiger partial charge in [0.2, 0.25) is 5.91 Å². The zero-order valence-electron chi connectivity index (χ0n) is 14.4. The van der Waals surface area contributed by atoms with Crippen molar-refractivity contribution in [2.45, 2.75) is 51.2 Å². The first-order valence-corrected chi connectivity index (χ1v) is 9.15. The van der Waals surface area contributed by atoms with E-state index in [1.807, 2.05) is 4.90 Å². The van der Waals surface area contributed by atoms with Crippen LogP contribution in [0.1, 0.15) is 40.0 Å². The minimum atomic E-state index is -0.469. The minimum Gasteiger partial charge on any atom is -0.391 e. The van der Waals surface area contributed by atoms with Crippen LogP contribution in [0.15, 0.2) is 9.95 Å². The molecule has 2 atom stereocenters. The molecule has 5 N–H and O–H groups in total. The highest BCUT2D eigenvalue weighted by atomic mass is 32.2. The van der Waals surface area contributed by atoms with Gasteiger partial charge in [-0.1, -0.05) is 32.5 Å².